The van der Waals surface area contributed by atoms with Crippen LogP contribution in [-0.4, -0.2) is 20.8 Å². The quantitative estimate of drug-likeness (QED) is 0.776. The van der Waals surface area contributed by atoms with Crippen molar-refractivity contribution >= 4 is 21.8 Å². The average molecular weight is 361 g/mol. The molecule has 6 nitrogen and oxygen atoms in total. The minimum Gasteiger partial charge on any atom is -0.359 e. The van der Waals surface area contributed by atoms with Crippen LogP contribution in [0.25, 0.3) is 5.69 Å². The third-order valence-electron chi connectivity index (χ3n) is 3.04. The Morgan fingerprint density at radius 3 is 2.82 bits per heavy atom. The summed E-state index contributed by atoms with van der Waals surface area (Å²) < 4.78 is 7.69. The summed E-state index contributed by atoms with van der Waals surface area (Å²) in [6, 6.07) is 9.45. The molecule has 0 aliphatic rings. The van der Waals surface area contributed by atoms with Gasteiger partial charge in [-0.25, -0.2) is 4.68 Å². The molecule has 0 aliphatic carbocycles. The van der Waals surface area contributed by atoms with Gasteiger partial charge in [-0.05, 0) is 31.2 Å². The molecule has 0 atom stereocenters. The van der Waals surface area contributed by atoms with Gasteiger partial charge in [-0.2, -0.15) is 5.10 Å². The molecule has 7 heteroatoms. The van der Waals surface area contributed by atoms with Gasteiger partial charge in [0.15, 0.2) is 5.76 Å². The second-order valence-electron chi connectivity index (χ2n) is 4.77. The number of nitrogens with zero attached hydrogens (tertiary/aromatic N) is 3. The SMILES string of the molecule is Cc1cc(CNC(=O)c2cnn(-c3ccc(Br)cc3)c2)on1. The number of amides is 1. The molecule has 2 heterocycles. The number of hydrogen-bond acceptors (Lipinski definition) is 4. The molecule has 0 bridgehead atoms. The van der Waals surface area contributed by atoms with E-state index in [0.29, 0.717) is 17.9 Å². The lowest BCUT2D eigenvalue weighted by atomic mass is 10.3. The van der Waals surface area contributed by atoms with Crippen molar-refractivity contribution in [3.05, 3.63) is 64.2 Å². The average Bonchev–Trinajstić information content (AvgIpc) is 3.15. The van der Waals surface area contributed by atoms with Crippen molar-refractivity contribution in [1.29, 1.82) is 0 Å². The Balaban J connectivity index is 1.67. The molecule has 2 aromatic heterocycles. The first kappa shape index (κ1) is 14.5. The maximum Gasteiger partial charge on any atom is 0.254 e. The van der Waals surface area contributed by atoms with E-state index in [4.69, 9.17) is 4.52 Å². The zero-order valence-electron chi connectivity index (χ0n) is 11.8. The van der Waals surface area contributed by atoms with Crippen LogP contribution in [0.15, 0.2) is 51.7 Å². The smallest absolute Gasteiger partial charge is 0.254 e. The first-order valence-corrected chi connectivity index (χ1v) is 7.42. The van der Waals surface area contributed by atoms with E-state index >= 15 is 0 Å². The van der Waals surface area contributed by atoms with Crippen LogP contribution in [0, 0.1) is 6.92 Å². The Kier molecular flexibility index (Phi) is 4.06. The van der Waals surface area contributed by atoms with Crippen molar-refractivity contribution in [3.8, 4) is 5.69 Å². The lowest BCUT2D eigenvalue weighted by Gasteiger charge is -2.01. The number of rotatable bonds is 4. The molecule has 0 saturated carbocycles. The van der Waals surface area contributed by atoms with Crippen molar-refractivity contribution in [2.45, 2.75) is 13.5 Å². The van der Waals surface area contributed by atoms with E-state index in [1.54, 1.807) is 16.9 Å². The van der Waals surface area contributed by atoms with Gasteiger partial charge in [0, 0.05) is 16.7 Å². The minimum absolute atomic E-state index is 0.211. The molecule has 0 unspecified atom stereocenters. The van der Waals surface area contributed by atoms with Crippen molar-refractivity contribution in [1.82, 2.24) is 20.3 Å². The van der Waals surface area contributed by atoms with Crippen LogP contribution < -0.4 is 5.32 Å². The van der Waals surface area contributed by atoms with Crippen LogP contribution in [0.4, 0.5) is 0 Å². The van der Waals surface area contributed by atoms with Gasteiger partial charge in [-0.3, -0.25) is 4.79 Å². The van der Waals surface area contributed by atoms with Crippen LogP contribution in [0.1, 0.15) is 21.8 Å². The van der Waals surface area contributed by atoms with Gasteiger partial charge in [0.1, 0.15) is 0 Å². The van der Waals surface area contributed by atoms with E-state index in [-0.39, 0.29) is 5.91 Å². The van der Waals surface area contributed by atoms with Gasteiger partial charge in [0.2, 0.25) is 0 Å². The van der Waals surface area contributed by atoms with Crippen molar-refractivity contribution in [2.75, 3.05) is 0 Å². The van der Waals surface area contributed by atoms with Gasteiger partial charge < -0.3 is 9.84 Å². The molecule has 0 aliphatic heterocycles. The summed E-state index contributed by atoms with van der Waals surface area (Å²) in [4.78, 5) is 12.1. The molecule has 0 spiro atoms. The largest absolute Gasteiger partial charge is 0.359 e. The lowest BCUT2D eigenvalue weighted by molar-refractivity contribution is 0.0947. The standard InChI is InChI=1S/C15H13BrN4O2/c1-10-6-14(22-19-10)8-17-15(21)11-7-18-20(9-11)13-4-2-12(16)3-5-13/h2-7,9H,8H2,1H3,(H,17,21). The topological polar surface area (TPSA) is 73.0 Å². The summed E-state index contributed by atoms with van der Waals surface area (Å²) in [6.45, 7) is 2.13. The van der Waals surface area contributed by atoms with Gasteiger partial charge in [0.05, 0.1) is 29.7 Å². The first-order chi connectivity index (χ1) is 10.6. The molecular formula is C15H13BrN4O2. The lowest BCUT2D eigenvalue weighted by Crippen LogP contribution is -2.22. The molecule has 3 aromatic rings. The third-order valence-corrected chi connectivity index (χ3v) is 3.56. The van der Waals surface area contributed by atoms with Crippen LogP contribution in [-0.2, 0) is 6.54 Å². The number of aromatic nitrogens is 3. The number of carbonyl (C=O) groups excluding carboxylic acids is 1. The fourth-order valence-electron chi connectivity index (χ4n) is 1.94. The Morgan fingerprint density at radius 2 is 2.14 bits per heavy atom. The highest BCUT2D eigenvalue weighted by atomic mass is 79.9. The Bertz CT molecular complexity index is 792. The Morgan fingerprint density at radius 1 is 1.36 bits per heavy atom. The van der Waals surface area contributed by atoms with E-state index in [0.717, 1.165) is 15.9 Å². The van der Waals surface area contributed by atoms with Crippen LogP contribution in [0.2, 0.25) is 0 Å². The summed E-state index contributed by atoms with van der Waals surface area (Å²) in [5.41, 5.74) is 2.15. The van der Waals surface area contributed by atoms with Crippen LogP contribution in [0.5, 0.6) is 0 Å². The Hall–Kier alpha value is -2.41. The molecular weight excluding hydrogens is 348 g/mol. The number of benzene rings is 1. The zero-order chi connectivity index (χ0) is 15.5. The molecule has 112 valence electrons. The summed E-state index contributed by atoms with van der Waals surface area (Å²) in [5.74, 6) is 0.406. The van der Waals surface area contributed by atoms with E-state index in [2.05, 4.69) is 31.5 Å². The zero-order valence-corrected chi connectivity index (χ0v) is 13.4. The summed E-state index contributed by atoms with van der Waals surface area (Å²) in [5, 5.41) is 10.7. The minimum atomic E-state index is -0.211. The van der Waals surface area contributed by atoms with E-state index in [1.165, 1.54) is 6.20 Å². The highest BCUT2D eigenvalue weighted by molar-refractivity contribution is 9.10. The van der Waals surface area contributed by atoms with Crippen LogP contribution in [0.3, 0.4) is 0 Å². The normalized spacial score (nSPS) is 10.6. The Labute approximate surface area is 135 Å². The molecule has 22 heavy (non-hydrogen) atoms. The highest BCUT2D eigenvalue weighted by Gasteiger charge is 2.10. The predicted molar refractivity (Wildman–Crippen MR) is 83.7 cm³/mol. The number of nitrogens with one attached hydrogen (secondary N) is 1. The molecule has 3 rings (SSSR count). The fourth-order valence-corrected chi connectivity index (χ4v) is 2.21. The number of aryl methyl sites for hydroxylation is 1. The molecule has 1 amide bonds. The summed E-state index contributed by atoms with van der Waals surface area (Å²) >= 11 is 3.38. The van der Waals surface area contributed by atoms with Crippen molar-refractivity contribution in [2.24, 2.45) is 0 Å². The third kappa shape index (κ3) is 3.25. The van der Waals surface area contributed by atoms with Gasteiger partial charge in [-0.15, -0.1) is 0 Å². The summed E-state index contributed by atoms with van der Waals surface area (Å²) in [7, 11) is 0. The molecule has 0 fully saturated rings. The van der Waals surface area contributed by atoms with E-state index < -0.39 is 0 Å². The van der Waals surface area contributed by atoms with Gasteiger partial charge in [-0.1, -0.05) is 21.1 Å². The molecule has 0 radical (unpaired) electrons. The highest BCUT2D eigenvalue weighted by Crippen LogP contribution is 2.14. The number of halogens is 1. The summed E-state index contributed by atoms with van der Waals surface area (Å²) in [6.07, 6.45) is 3.22. The molecule has 1 N–H and O–H groups in total. The number of carbonyl (C=O) groups is 1. The maximum absolute atomic E-state index is 12.1. The monoisotopic (exact) mass is 360 g/mol. The van der Waals surface area contributed by atoms with Crippen molar-refractivity contribution in [3.63, 3.8) is 0 Å². The van der Waals surface area contributed by atoms with E-state index in [9.17, 15) is 4.79 Å². The first-order valence-electron chi connectivity index (χ1n) is 6.63. The number of hydrogen-bond donors (Lipinski definition) is 1. The van der Waals surface area contributed by atoms with Crippen molar-refractivity contribution < 1.29 is 9.32 Å². The predicted octanol–water partition coefficient (Wildman–Crippen LogP) is 2.86. The molecule has 0 saturated heterocycles. The fraction of sp³-hybridized carbons (Fsp3) is 0.133. The second kappa shape index (κ2) is 6.15. The maximum atomic E-state index is 12.1. The van der Waals surface area contributed by atoms with Gasteiger partial charge >= 0.3 is 0 Å². The molecule has 1 aromatic carbocycles. The van der Waals surface area contributed by atoms with Crippen LogP contribution >= 0.6 is 15.9 Å². The van der Waals surface area contributed by atoms with Gasteiger partial charge in [0.25, 0.3) is 5.91 Å². The second-order valence-corrected chi connectivity index (χ2v) is 5.68. The van der Waals surface area contributed by atoms with E-state index in [1.807, 2.05) is 31.2 Å².